The van der Waals surface area contributed by atoms with E-state index in [4.69, 9.17) is 13.8 Å². The maximum absolute atomic E-state index is 12.4. The van der Waals surface area contributed by atoms with Gasteiger partial charge in [-0.3, -0.25) is 18.6 Å². The molecule has 0 aliphatic heterocycles. The van der Waals surface area contributed by atoms with Gasteiger partial charge in [0.2, 0.25) is 5.91 Å². The lowest BCUT2D eigenvalue weighted by atomic mass is 10.0. The van der Waals surface area contributed by atoms with Crippen LogP contribution in [0.4, 0.5) is 0 Å². The molecule has 0 rings (SSSR count). The van der Waals surface area contributed by atoms with E-state index in [1.54, 1.807) is 0 Å². The number of carbonyl (C=O) groups is 3. The van der Waals surface area contributed by atoms with Crippen molar-refractivity contribution in [3.8, 4) is 0 Å². The molecule has 0 aromatic carbocycles. The summed E-state index contributed by atoms with van der Waals surface area (Å²) in [5.74, 6) is -2.45. The molecule has 0 bridgehead atoms. The highest BCUT2D eigenvalue weighted by Gasteiger charge is 2.29. The van der Waals surface area contributed by atoms with Crippen LogP contribution in [-0.4, -0.2) is 64.9 Å². The number of unbranched alkanes of at least 4 members (excludes halogenated alkanes) is 25. The lowest BCUT2D eigenvalue weighted by Crippen LogP contribution is -2.43. The van der Waals surface area contributed by atoms with Crippen molar-refractivity contribution >= 4 is 25.7 Å². The van der Waals surface area contributed by atoms with Crippen LogP contribution < -0.4 is 5.32 Å². The molecule has 0 aliphatic carbocycles. The number of esters is 1. The van der Waals surface area contributed by atoms with Crippen molar-refractivity contribution in [3.63, 3.8) is 0 Å². The number of phosphoric ester groups is 1. The molecule has 0 saturated carbocycles. The van der Waals surface area contributed by atoms with E-state index in [0.717, 1.165) is 57.8 Å². The van der Waals surface area contributed by atoms with Gasteiger partial charge >= 0.3 is 19.8 Å². The summed E-state index contributed by atoms with van der Waals surface area (Å²) in [4.78, 5) is 46.2. The molecule has 54 heavy (non-hydrogen) atoms. The van der Waals surface area contributed by atoms with E-state index in [1.165, 1.54) is 109 Å². The highest BCUT2D eigenvalue weighted by Crippen LogP contribution is 2.43. The molecule has 1 amide bonds. The van der Waals surface area contributed by atoms with E-state index in [-0.39, 0.29) is 12.8 Å². The summed E-state index contributed by atoms with van der Waals surface area (Å²) in [6, 6.07) is -1.55. The number of rotatable bonds is 41. The van der Waals surface area contributed by atoms with Gasteiger partial charge in [-0.15, -0.1) is 0 Å². The monoisotopic (exact) mass is 790 g/mol. The van der Waals surface area contributed by atoms with Crippen molar-refractivity contribution < 1.29 is 47.8 Å². The Hall–Kier alpha value is -1.78. The Morgan fingerprint density at radius 3 is 1.41 bits per heavy atom. The van der Waals surface area contributed by atoms with Gasteiger partial charge in [-0.1, -0.05) is 167 Å². The molecule has 4 N–H and O–H groups in total. The summed E-state index contributed by atoms with van der Waals surface area (Å²) in [6.45, 7) is 2.42. The third kappa shape index (κ3) is 35.9. The van der Waals surface area contributed by atoms with Crippen molar-refractivity contribution in [1.82, 2.24) is 5.32 Å². The first-order chi connectivity index (χ1) is 26.1. The highest BCUT2D eigenvalue weighted by atomic mass is 31.2. The summed E-state index contributed by atoms with van der Waals surface area (Å²) in [5, 5.41) is 21.4. The van der Waals surface area contributed by atoms with Gasteiger partial charge in [-0.2, -0.15) is 0 Å². The second kappa shape index (κ2) is 38.1. The van der Waals surface area contributed by atoms with Gasteiger partial charge in [-0.05, 0) is 38.5 Å². The average molecular weight is 790 g/mol. The smallest absolute Gasteiger partial charge is 0.472 e. The van der Waals surface area contributed by atoms with Gasteiger partial charge in [0.1, 0.15) is 6.10 Å². The highest BCUT2D eigenvalue weighted by molar-refractivity contribution is 7.47. The SMILES string of the molecule is CCCCCCCC/C=C\CCCCCCCC(=O)O[C@H](CO)COP(=O)(O)OC[C@H](NC(=O)CCCCCCCCCCCCCCCCC)C(=O)O. The molecule has 0 saturated heterocycles. The van der Waals surface area contributed by atoms with Crippen LogP contribution in [0.15, 0.2) is 12.2 Å². The largest absolute Gasteiger partial charge is 0.480 e. The number of amides is 1. The van der Waals surface area contributed by atoms with Crippen LogP contribution in [0.5, 0.6) is 0 Å². The van der Waals surface area contributed by atoms with Crippen LogP contribution >= 0.6 is 7.82 Å². The Labute approximate surface area is 328 Å². The summed E-state index contributed by atoms with van der Waals surface area (Å²) in [7, 11) is -4.77. The number of aliphatic hydroxyl groups excluding tert-OH is 1. The molecule has 1 unspecified atom stereocenters. The van der Waals surface area contributed by atoms with Gasteiger partial charge in [-0.25, -0.2) is 9.36 Å². The number of hydrogen-bond donors (Lipinski definition) is 4. The predicted molar refractivity (Wildman–Crippen MR) is 217 cm³/mol. The number of phosphoric acid groups is 1. The molecule has 318 valence electrons. The van der Waals surface area contributed by atoms with Crippen molar-refractivity contribution in [2.75, 3.05) is 19.8 Å². The van der Waals surface area contributed by atoms with Gasteiger partial charge < -0.3 is 25.2 Å². The summed E-state index contributed by atoms with van der Waals surface area (Å²) in [5.41, 5.74) is 0. The average Bonchev–Trinajstić information content (AvgIpc) is 3.14. The van der Waals surface area contributed by atoms with E-state index < -0.39 is 57.6 Å². The Kier molecular flexibility index (Phi) is 36.9. The van der Waals surface area contributed by atoms with E-state index in [2.05, 4.69) is 31.3 Å². The normalized spacial score (nSPS) is 13.9. The maximum atomic E-state index is 12.4. The Morgan fingerprint density at radius 2 is 0.981 bits per heavy atom. The number of aliphatic hydroxyl groups is 1. The number of hydrogen-bond acceptors (Lipinski definition) is 8. The molecule has 0 aromatic rings. The number of ether oxygens (including phenoxy) is 1. The number of aliphatic carboxylic acids is 1. The number of nitrogens with one attached hydrogen (secondary N) is 1. The van der Waals surface area contributed by atoms with Crippen LogP contribution in [0.25, 0.3) is 0 Å². The molecule has 12 heteroatoms. The van der Waals surface area contributed by atoms with Crippen molar-refractivity contribution in [3.05, 3.63) is 12.2 Å². The van der Waals surface area contributed by atoms with Crippen molar-refractivity contribution in [2.24, 2.45) is 0 Å². The predicted octanol–water partition coefficient (Wildman–Crippen LogP) is 10.9. The lowest BCUT2D eigenvalue weighted by Gasteiger charge is -2.20. The van der Waals surface area contributed by atoms with Crippen LogP contribution in [-0.2, 0) is 32.7 Å². The second-order valence-corrected chi connectivity index (χ2v) is 16.3. The Bertz CT molecular complexity index is 979. The summed E-state index contributed by atoms with van der Waals surface area (Å²) < 4.78 is 27.2. The number of carboxylic acids is 1. The molecular formula is C42H80NO10P. The van der Waals surface area contributed by atoms with Crippen LogP contribution in [0.2, 0.25) is 0 Å². The van der Waals surface area contributed by atoms with Gasteiger partial charge in [0.05, 0.1) is 19.8 Å². The topological polar surface area (TPSA) is 169 Å². The second-order valence-electron chi connectivity index (χ2n) is 14.8. The molecule has 0 aromatic heterocycles. The zero-order valence-electron chi connectivity index (χ0n) is 34.3. The van der Waals surface area contributed by atoms with E-state index >= 15 is 0 Å². The first kappa shape index (κ1) is 52.2. The molecular weight excluding hydrogens is 709 g/mol. The fourth-order valence-corrected chi connectivity index (χ4v) is 6.96. The zero-order valence-corrected chi connectivity index (χ0v) is 35.2. The third-order valence-electron chi connectivity index (χ3n) is 9.61. The van der Waals surface area contributed by atoms with Gasteiger partial charge in [0.25, 0.3) is 0 Å². The fraction of sp³-hybridized carbons (Fsp3) is 0.881. The van der Waals surface area contributed by atoms with Crippen LogP contribution in [0, 0.1) is 0 Å². The minimum Gasteiger partial charge on any atom is -0.480 e. The first-order valence-corrected chi connectivity index (χ1v) is 23.2. The molecule has 0 fully saturated rings. The van der Waals surface area contributed by atoms with Crippen LogP contribution in [0.1, 0.15) is 206 Å². The molecule has 0 aliphatic rings. The molecule has 0 spiro atoms. The van der Waals surface area contributed by atoms with E-state index in [0.29, 0.717) is 12.8 Å². The molecule has 11 nitrogen and oxygen atoms in total. The molecule has 0 heterocycles. The summed E-state index contributed by atoms with van der Waals surface area (Å²) in [6.07, 6.45) is 36.5. The van der Waals surface area contributed by atoms with Gasteiger partial charge in [0.15, 0.2) is 6.04 Å². The molecule has 0 radical (unpaired) electrons. The zero-order chi connectivity index (χ0) is 40.0. The Morgan fingerprint density at radius 1 is 0.593 bits per heavy atom. The minimum absolute atomic E-state index is 0.149. The summed E-state index contributed by atoms with van der Waals surface area (Å²) >= 11 is 0. The number of carboxylic acid groups (broad SMARTS) is 1. The maximum Gasteiger partial charge on any atom is 0.472 e. The number of allylic oxidation sites excluding steroid dienone is 2. The van der Waals surface area contributed by atoms with E-state index in [1.807, 2.05) is 0 Å². The minimum atomic E-state index is -4.77. The Balaban J connectivity index is 4.02. The van der Waals surface area contributed by atoms with Gasteiger partial charge in [0, 0.05) is 12.8 Å². The molecule has 3 atom stereocenters. The quantitative estimate of drug-likeness (QED) is 0.0202. The fourth-order valence-electron chi connectivity index (χ4n) is 6.19. The van der Waals surface area contributed by atoms with Crippen LogP contribution in [0.3, 0.4) is 0 Å². The van der Waals surface area contributed by atoms with Crippen molar-refractivity contribution in [1.29, 1.82) is 0 Å². The standard InChI is InChI=1S/C42H80NO10P/c1-3-5-7-9-11-13-15-17-19-21-23-25-27-29-31-33-40(45)43-39(42(47)48)37-52-54(49,50)51-36-38(35-44)53-41(46)34-32-30-28-26-24-22-20-18-16-14-12-10-8-6-4-2/h18,20,38-39,44H,3-17,19,21-37H2,1-2H3,(H,43,45)(H,47,48)(H,49,50)/b20-18-/t38-,39+/m1/s1. The van der Waals surface area contributed by atoms with E-state index in [9.17, 15) is 34.1 Å². The lowest BCUT2D eigenvalue weighted by molar-refractivity contribution is -0.153. The third-order valence-corrected chi connectivity index (χ3v) is 10.6. The van der Waals surface area contributed by atoms with Crippen molar-refractivity contribution in [2.45, 2.75) is 219 Å². The first-order valence-electron chi connectivity index (χ1n) is 21.7. The number of carbonyl (C=O) groups excluding carboxylic acids is 2.